The lowest BCUT2D eigenvalue weighted by Crippen LogP contribution is -2.33. The first kappa shape index (κ1) is 12.4. The molecule has 0 saturated heterocycles. The summed E-state index contributed by atoms with van der Waals surface area (Å²) in [5, 5.41) is 8.76. The SMILES string of the molecule is C[C@@H]1CC[C@@H]2C(/C=C/C(=O)O)[C@@H](C)C=C[C@H]2C1. The van der Waals surface area contributed by atoms with Gasteiger partial charge in [0.25, 0.3) is 0 Å². The van der Waals surface area contributed by atoms with E-state index in [-0.39, 0.29) is 0 Å². The minimum absolute atomic E-state index is 0.411. The molecule has 1 unspecified atom stereocenters. The molecule has 0 heterocycles. The summed E-state index contributed by atoms with van der Waals surface area (Å²) in [5.74, 6) is 2.19. The highest BCUT2D eigenvalue weighted by atomic mass is 16.4. The van der Waals surface area contributed by atoms with Gasteiger partial charge in [-0.3, -0.25) is 0 Å². The molecule has 0 aromatic heterocycles. The predicted octanol–water partition coefficient (Wildman–Crippen LogP) is 3.50. The Balaban J connectivity index is 2.14. The van der Waals surface area contributed by atoms with Gasteiger partial charge in [-0.1, -0.05) is 38.5 Å². The van der Waals surface area contributed by atoms with Crippen LogP contribution in [0, 0.1) is 29.6 Å². The van der Waals surface area contributed by atoms with Gasteiger partial charge in [0.05, 0.1) is 0 Å². The number of aliphatic carboxylic acids is 1. The topological polar surface area (TPSA) is 37.3 Å². The number of hydrogen-bond acceptors (Lipinski definition) is 1. The molecule has 17 heavy (non-hydrogen) atoms. The first-order valence-corrected chi connectivity index (χ1v) is 6.67. The van der Waals surface area contributed by atoms with E-state index < -0.39 is 5.97 Å². The molecule has 0 radical (unpaired) electrons. The highest BCUT2D eigenvalue weighted by Gasteiger charge is 2.36. The van der Waals surface area contributed by atoms with Gasteiger partial charge in [-0.25, -0.2) is 4.79 Å². The van der Waals surface area contributed by atoms with Crippen LogP contribution in [0.15, 0.2) is 24.3 Å². The van der Waals surface area contributed by atoms with Crippen molar-refractivity contribution in [2.45, 2.75) is 33.1 Å². The molecule has 5 atom stereocenters. The molecule has 0 amide bonds. The molecular formula is C15H22O2. The van der Waals surface area contributed by atoms with Crippen LogP contribution in [-0.4, -0.2) is 11.1 Å². The molecule has 0 spiro atoms. The lowest BCUT2D eigenvalue weighted by atomic mass is 9.63. The summed E-state index contributed by atoms with van der Waals surface area (Å²) in [7, 11) is 0. The second-order valence-electron chi connectivity index (χ2n) is 5.76. The summed E-state index contributed by atoms with van der Waals surface area (Å²) in [6.07, 6.45) is 11.7. The molecular weight excluding hydrogens is 212 g/mol. The normalized spacial score (nSPS) is 41.4. The Hall–Kier alpha value is -1.05. The molecule has 0 bridgehead atoms. The summed E-state index contributed by atoms with van der Waals surface area (Å²) in [6, 6.07) is 0. The molecule has 0 aromatic carbocycles. The van der Waals surface area contributed by atoms with Crippen molar-refractivity contribution in [1.29, 1.82) is 0 Å². The average molecular weight is 234 g/mol. The fraction of sp³-hybridized carbons (Fsp3) is 0.667. The minimum atomic E-state index is -0.826. The lowest BCUT2D eigenvalue weighted by Gasteiger charge is -2.42. The van der Waals surface area contributed by atoms with Crippen molar-refractivity contribution < 1.29 is 9.90 Å². The summed E-state index contributed by atoms with van der Waals surface area (Å²) < 4.78 is 0. The lowest BCUT2D eigenvalue weighted by molar-refractivity contribution is -0.131. The van der Waals surface area contributed by atoms with Gasteiger partial charge in [-0.2, -0.15) is 0 Å². The summed E-state index contributed by atoms with van der Waals surface area (Å²) >= 11 is 0. The zero-order valence-electron chi connectivity index (χ0n) is 10.7. The third-order valence-corrected chi connectivity index (χ3v) is 4.44. The fourth-order valence-corrected chi connectivity index (χ4v) is 3.50. The molecule has 0 aromatic rings. The van der Waals surface area contributed by atoms with E-state index in [1.807, 2.05) is 6.08 Å². The van der Waals surface area contributed by atoms with Crippen LogP contribution in [0.1, 0.15) is 33.1 Å². The maximum Gasteiger partial charge on any atom is 0.327 e. The van der Waals surface area contributed by atoms with E-state index in [4.69, 9.17) is 5.11 Å². The average Bonchev–Trinajstić information content (AvgIpc) is 2.27. The molecule has 1 saturated carbocycles. The van der Waals surface area contributed by atoms with Crippen molar-refractivity contribution in [2.75, 3.05) is 0 Å². The van der Waals surface area contributed by atoms with Crippen LogP contribution in [0.4, 0.5) is 0 Å². The van der Waals surface area contributed by atoms with Crippen LogP contribution in [0.5, 0.6) is 0 Å². The van der Waals surface area contributed by atoms with E-state index in [1.165, 1.54) is 25.3 Å². The molecule has 2 heteroatoms. The monoisotopic (exact) mass is 234 g/mol. The Bertz CT molecular complexity index is 343. The predicted molar refractivity (Wildman–Crippen MR) is 68.6 cm³/mol. The molecule has 2 rings (SSSR count). The zero-order valence-corrected chi connectivity index (χ0v) is 10.7. The summed E-state index contributed by atoms with van der Waals surface area (Å²) in [5.41, 5.74) is 0. The molecule has 94 valence electrons. The Labute approximate surface area is 103 Å². The van der Waals surface area contributed by atoms with E-state index in [9.17, 15) is 4.79 Å². The standard InChI is InChI=1S/C15H22O2/c1-10-3-6-14-12(9-10)5-4-11(2)13(14)7-8-15(16)17/h4-5,7-8,10-14H,3,6,9H2,1-2H3,(H,16,17)/b8-7+/t10-,11+,12+,13?,14+/m1/s1. The Kier molecular flexibility index (Phi) is 3.70. The second kappa shape index (κ2) is 5.07. The molecule has 1 N–H and O–H groups in total. The van der Waals surface area contributed by atoms with Crippen molar-refractivity contribution in [3.63, 3.8) is 0 Å². The molecule has 2 nitrogen and oxygen atoms in total. The van der Waals surface area contributed by atoms with Crippen molar-refractivity contribution in [3.05, 3.63) is 24.3 Å². The zero-order chi connectivity index (χ0) is 12.4. The maximum atomic E-state index is 10.7. The second-order valence-corrected chi connectivity index (χ2v) is 5.76. The third-order valence-electron chi connectivity index (χ3n) is 4.44. The van der Waals surface area contributed by atoms with Gasteiger partial charge in [-0.05, 0) is 42.4 Å². The van der Waals surface area contributed by atoms with Gasteiger partial charge in [0, 0.05) is 6.08 Å². The van der Waals surface area contributed by atoms with E-state index in [0.717, 1.165) is 5.92 Å². The third kappa shape index (κ3) is 2.80. The maximum absolute atomic E-state index is 10.7. The number of hydrogen-bond donors (Lipinski definition) is 1. The van der Waals surface area contributed by atoms with Gasteiger partial charge in [0.2, 0.25) is 0 Å². The summed E-state index contributed by atoms with van der Waals surface area (Å²) in [4.78, 5) is 10.7. The first-order valence-electron chi connectivity index (χ1n) is 6.67. The van der Waals surface area contributed by atoms with Crippen LogP contribution in [0.2, 0.25) is 0 Å². The van der Waals surface area contributed by atoms with Gasteiger partial charge < -0.3 is 5.11 Å². The van der Waals surface area contributed by atoms with Crippen LogP contribution in [0.3, 0.4) is 0 Å². The number of carboxylic acid groups (broad SMARTS) is 1. The molecule has 2 aliphatic rings. The van der Waals surface area contributed by atoms with Gasteiger partial charge in [0.15, 0.2) is 0 Å². The van der Waals surface area contributed by atoms with Crippen molar-refractivity contribution in [2.24, 2.45) is 29.6 Å². The number of rotatable bonds is 2. The minimum Gasteiger partial charge on any atom is -0.478 e. The Morgan fingerprint density at radius 1 is 1.29 bits per heavy atom. The van der Waals surface area contributed by atoms with Crippen LogP contribution < -0.4 is 0 Å². The van der Waals surface area contributed by atoms with Gasteiger partial charge in [0.1, 0.15) is 0 Å². The van der Waals surface area contributed by atoms with Crippen molar-refractivity contribution in [3.8, 4) is 0 Å². The van der Waals surface area contributed by atoms with E-state index in [2.05, 4.69) is 26.0 Å². The molecule has 2 aliphatic carbocycles. The van der Waals surface area contributed by atoms with E-state index in [1.54, 1.807) is 0 Å². The van der Waals surface area contributed by atoms with Crippen LogP contribution in [-0.2, 0) is 4.79 Å². The Morgan fingerprint density at radius 3 is 2.76 bits per heavy atom. The fourth-order valence-electron chi connectivity index (χ4n) is 3.50. The quantitative estimate of drug-likeness (QED) is 0.586. The van der Waals surface area contributed by atoms with Gasteiger partial charge >= 0.3 is 5.97 Å². The number of carbonyl (C=O) groups is 1. The first-order chi connectivity index (χ1) is 8.08. The smallest absolute Gasteiger partial charge is 0.327 e. The summed E-state index contributed by atoms with van der Waals surface area (Å²) in [6.45, 7) is 4.52. The highest BCUT2D eigenvalue weighted by Crippen LogP contribution is 2.45. The van der Waals surface area contributed by atoms with Crippen molar-refractivity contribution >= 4 is 5.97 Å². The van der Waals surface area contributed by atoms with E-state index >= 15 is 0 Å². The number of carboxylic acids is 1. The van der Waals surface area contributed by atoms with Crippen LogP contribution >= 0.6 is 0 Å². The van der Waals surface area contributed by atoms with Crippen molar-refractivity contribution in [1.82, 2.24) is 0 Å². The van der Waals surface area contributed by atoms with Crippen LogP contribution in [0.25, 0.3) is 0 Å². The van der Waals surface area contributed by atoms with E-state index in [0.29, 0.717) is 23.7 Å². The number of allylic oxidation sites excluding steroid dienone is 3. The Morgan fingerprint density at radius 2 is 2.06 bits per heavy atom. The number of fused-ring (bicyclic) bond motifs is 1. The highest BCUT2D eigenvalue weighted by molar-refractivity contribution is 5.79. The van der Waals surface area contributed by atoms with Gasteiger partial charge in [-0.15, -0.1) is 0 Å². The molecule has 0 aliphatic heterocycles. The largest absolute Gasteiger partial charge is 0.478 e. The molecule has 1 fully saturated rings.